The molecule has 1 saturated carbocycles. The Labute approximate surface area is 77.7 Å². The highest BCUT2D eigenvalue weighted by molar-refractivity contribution is 6.21. The monoisotopic (exact) mass is 184 g/mol. The molecule has 0 aromatic carbocycles. The Balaban J connectivity index is 2.16. The summed E-state index contributed by atoms with van der Waals surface area (Å²) in [6, 6.07) is 2.05. The normalized spacial score (nSPS) is 35.7. The Morgan fingerprint density at radius 2 is 2.33 bits per heavy atom. The molecule has 0 saturated heterocycles. The first kappa shape index (κ1) is 8.18. The van der Waals surface area contributed by atoms with Crippen LogP contribution in [-0.4, -0.2) is 5.38 Å². The van der Waals surface area contributed by atoms with Crippen molar-refractivity contribution in [2.24, 2.45) is 5.92 Å². The summed E-state index contributed by atoms with van der Waals surface area (Å²) in [4.78, 5) is 0. The van der Waals surface area contributed by atoms with Crippen LogP contribution in [0.5, 0.6) is 0 Å². The molecule has 2 rings (SSSR count). The van der Waals surface area contributed by atoms with E-state index >= 15 is 0 Å². The Hall–Kier alpha value is -0.430. The van der Waals surface area contributed by atoms with Gasteiger partial charge in [0.25, 0.3) is 0 Å². The number of alkyl halides is 1. The fourth-order valence-corrected chi connectivity index (χ4v) is 2.37. The molecule has 0 amide bonds. The van der Waals surface area contributed by atoms with Crippen molar-refractivity contribution in [1.29, 1.82) is 0 Å². The van der Waals surface area contributed by atoms with Crippen molar-refractivity contribution in [2.45, 2.75) is 31.1 Å². The third-order valence-electron chi connectivity index (χ3n) is 2.93. The molecule has 0 spiro atoms. The van der Waals surface area contributed by atoms with Crippen LogP contribution in [0.25, 0.3) is 0 Å². The first-order chi connectivity index (χ1) is 5.79. The van der Waals surface area contributed by atoms with Gasteiger partial charge in [0.1, 0.15) is 0 Å². The second-order valence-electron chi connectivity index (χ2n) is 3.62. The van der Waals surface area contributed by atoms with Gasteiger partial charge < -0.3 is 4.42 Å². The topological polar surface area (TPSA) is 13.1 Å². The number of hydrogen-bond acceptors (Lipinski definition) is 1. The van der Waals surface area contributed by atoms with E-state index in [2.05, 4.69) is 13.0 Å². The molecule has 2 heteroatoms. The predicted molar refractivity (Wildman–Crippen MR) is 49.5 cm³/mol. The average Bonchev–Trinajstić information content (AvgIpc) is 2.64. The number of rotatable bonds is 1. The van der Waals surface area contributed by atoms with E-state index in [0.717, 1.165) is 6.42 Å². The van der Waals surface area contributed by atoms with Gasteiger partial charge in [-0.25, -0.2) is 0 Å². The summed E-state index contributed by atoms with van der Waals surface area (Å²) in [6.45, 7) is 2.22. The van der Waals surface area contributed by atoms with E-state index in [4.69, 9.17) is 16.0 Å². The first-order valence-corrected chi connectivity index (χ1v) is 4.89. The van der Waals surface area contributed by atoms with Crippen LogP contribution in [0.3, 0.4) is 0 Å². The van der Waals surface area contributed by atoms with E-state index in [1.54, 1.807) is 6.26 Å². The van der Waals surface area contributed by atoms with Gasteiger partial charge in [0, 0.05) is 5.38 Å². The maximum atomic E-state index is 6.14. The van der Waals surface area contributed by atoms with Gasteiger partial charge in [-0.2, -0.15) is 0 Å². The summed E-state index contributed by atoms with van der Waals surface area (Å²) in [5, 5.41) is 0.352. The molecule has 1 aliphatic carbocycles. The van der Waals surface area contributed by atoms with Crippen molar-refractivity contribution >= 4 is 11.6 Å². The van der Waals surface area contributed by atoms with Crippen molar-refractivity contribution < 1.29 is 4.42 Å². The molecular formula is C10H13ClO. The zero-order valence-corrected chi connectivity index (χ0v) is 7.92. The summed E-state index contributed by atoms with van der Waals surface area (Å²) in [6.07, 6.45) is 5.92. The van der Waals surface area contributed by atoms with Crippen LogP contribution >= 0.6 is 11.6 Å². The van der Waals surface area contributed by atoms with E-state index in [1.165, 1.54) is 12.0 Å². The molecule has 0 aliphatic heterocycles. The number of hydrogen-bond donors (Lipinski definition) is 0. The second-order valence-corrected chi connectivity index (χ2v) is 4.18. The van der Waals surface area contributed by atoms with Crippen LogP contribution < -0.4 is 0 Å². The minimum Gasteiger partial charge on any atom is -0.472 e. The third kappa shape index (κ3) is 1.27. The van der Waals surface area contributed by atoms with Gasteiger partial charge in [0.05, 0.1) is 12.5 Å². The second kappa shape index (κ2) is 3.14. The summed E-state index contributed by atoms with van der Waals surface area (Å²) >= 11 is 6.14. The van der Waals surface area contributed by atoms with Crippen molar-refractivity contribution in [3.8, 4) is 0 Å². The maximum Gasteiger partial charge on any atom is 0.0937 e. The molecule has 1 heterocycles. The zero-order chi connectivity index (χ0) is 8.55. The molecule has 1 aliphatic rings. The van der Waals surface area contributed by atoms with Crippen LogP contribution in [-0.2, 0) is 0 Å². The van der Waals surface area contributed by atoms with Crippen molar-refractivity contribution in [3.63, 3.8) is 0 Å². The summed E-state index contributed by atoms with van der Waals surface area (Å²) in [7, 11) is 0. The molecule has 12 heavy (non-hydrogen) atoms. The van der Waals surface area contributed by atoms with Gasteiger partial charge in [-0.1, -0.05) is 6.92 Å². The Kier molecular flexibility index (Phi) is 2.14. The molecule has 1 nitrogen and oxygen atoms in total. The largest absolute Gasteiger partial charge is 0.472 e. The summed E-state index contributed by atoms with van der Waals surface area (Å²) in [5.74, 6) is 1.20. The molecule has 0 N–H and O–H groups in total. The molecule has 1 aromatic rings. The fourth-order valence-electron chi connectivity index (χ4n) is 2.07. The van der Waals surface area contributed by atoms with E-state index in [0.29, 0.717) is 17.2 Å². The molecule has 0 bridgehead atoms. The lowest BCUT2D eigenvalue weighted by molar-refractivity contribution is 0.519. The van der Waals surface area contributed by atoms with Gasteiger partial charge in [0.15, 0.2) is 0 Å². The van der Waals surface area contributed by atoms with Gasteiger partial charge in [0.2, 0.25) is 0 Å². The van der Waals surface area contributed by atoms with E-state index < -0.39 is 0 Å². The van der Waals surface area contributed by atoms with Gasteiger partial charge in [-0.05, 0) is 36.3 Å². The minimum absolute atomic E-state index is 0.352. The maximum absolute atomic E-state index is 6.14. The first-order valence-electron chi connectivity index (χ1n) is 4.45. The van der Waals surface area contributed by atoms with Crippen LogP contribution in [0.1, 0.15) is 31.2 Å². The standard InChI is InChI=1S/C10H13ClO/c1-7-9(2-3-10(7)11)8-4-5-12-6-8/h4-7,9-10H,2-3H2,1H3. The molecule has 1 aromatic heterocycles. The zero-order valence-electron chi connectivity index (χ0n) is 7.16. The summed E-state index contributed by atoms with van der Waals surface area (Å²) in [5.41, 5.74) is 1.31. The van der Waals surface area contributed by atoms with Gasteiger partial charge in [-0.3, -0.25) is 0 Å². The van der Waals surface area contributed by atoms with E-state index in [9.17, 15) is 0 Å². The number of halogens is 1. The minimum atomic E-state index is 0.352. The molecule has 3 unspecified atom stereocenters. The average molecular weight is 185 g/mol. The fraction of sp³-hybridized carbons (Fsp3) is 0.600. The van der Waals surface area contributed by atoms with Crippen LogP contribution in [0.4, 0.5) is 0 Å². The van der Waals surface area contributed by atoms with Crippen molar-refractivity contribution in [1.82, 2.24) is 0 Å². The van der Waals surface area contributed by atoms with Crippen molar-refractivity contribution in [3.05, 3.63) is 24.2 Å². The summed E-state index contributed by atoms with van der Waals surface area (Å²) < 4.78 is 5.07. The Morgan fingerprint density at radius 3 is 2.83 bits per heavy atom. The predicted octanol–water partition coefficient (Wildman–Crippen LogP) is 3.40. The van der Waals surface area contributed by atoms with Crippen LogP contribution in [0.2, 0.25) is 0 Å². The lowest BCUT2D eigenvalue weighted by Gasteiger charge is -2.14. The highest BCUT2D eigenvalue weighted by Crippen LogP contribution is 2.42. The van der Waals surface area contributed by atoms with Crippen LogP contribution in [0, 0.1) is 5.92 Å². The third-order valence-corrected chi connectivity index (χ3v) is 3.55. The Bertz CT molecular complexity index is 242. The Morgan fingerprint density at radius 1 is 1.50 bits per heavy atom. The van der Waals surface area contributed by atoms with E-state index in [1.807, 2.05) is 6.26 Å². The lowest BCUT2D eigenvalue weighted by atomic mass is 9.92. The quantitative estimate of drug-likeness (QED) is 0.610. The van der Waals surface area contributed by atoms with E-state index in [-0.39, 0.29) is 0 Å². The molecule has 3 atom stereocenters. The van der Waals surface area contributed by atoms with Gasteiger partial charge >= 0.3 is 0 Å². The molecule has 0 radical (unpaired) electrons. The highest BCUT2D eigenvalue weighted by atomic mass is 35.5. The number of furan rings is 1. The SMILES string of the molecule is CC1C(Cl)CCC1c1ccoc1. The molecule has 66 valence electrons. The molecular weight excluding hydrogens is 172 g/mol. The highest BCUT2D eigenvalue weighted by Gasteiger charge is 2.32. The van der Waals surface area contributed by atoms with Crippen LogP contribution in [0.15, 0.2) is 23.0 Å². The smallest absolute Gasteiger partial charge is 0.0937 e. The van der Waals surface area contributed by atoms with Gasteiger partial charge in [-0.15, -0.1) is 11.6 Å². The lowest BCUT2D eigenvalue weighted by Crippen LogP contribution is -2.08. The van der Waals surface area contributed by atoms with Crippen molar-refractivity contribution in [2.75, 3.05) is 0 Å². The molecule has 1 fully saturated rings.